The SMILES string of the molecule is CCN(CC1CCC1)c1ncc(N)cc1Br. The normalized spacial score (nSPS) is 15.9. The first-order valence-electron chi connectivity index (χ1n) is 5.86. The standard InChI is InChI=1S/C12H18BrN3/c1-2-16(8-9-4-3-5-9)12-11(13)6-10(14)7-15-12/h6-7,9H,2-5,8,14H2,1H3. The molecule has 16 heavy (non-hydrogen) atoms. The second kappa shape index (κ2) is 5.04. The maximum absolute atomic E-state index is 5.70. The lowest BCUT2D eigenvalue weighted by molar-refractivity contribution is 0.318. The van der Waals surface area contributed by atoms with Gasteiger partial charge in [0.2, 0.25) is 0 Å². The van der Waals surface area contributed by atoms with Crippen molar-refractivity contribution in [2.24, 2.45) is 5.92 Å². The first-order valence-corrected chi connectivity index (χ1v) is 6.66. The highest BCUT2D eigenvalue weighted by atomic mass is 79.9. The highest BCUT2D eigenvalue weighted by Crippen LogP contribution is 2.31. The summed E-state index contributed by atoms with van der Waals surface area (Å²) in [5, 5.41) is 0. The molecule has 0 aromatic carbocycles. The third-order valence-electron chi connectivity index (χ3n) is 3.23. The van der Waals surface area contributed by atoms with Gasteiger partial charge in [0.15, 0.2) is 0 Å². The van der Waals surface area contributed by atoms with Crippen molar-refractivity contribution in [3.05, 3.63) is 16.7 Å². The number of nitrogen functional groups attached to an aromatic ring is 1. The first-order chi connectivity index (χ1) is 7.70. The van der Waals surface area contributed by atoms with Crippen LogP contribution in [0.4, 0.5) is 11.5 Å². The molecule has 4 heteroatoms. The predicted octanol–water partition coefficient (Wildman–Crippen LogP) is 3.05. The number of aromatic nitrogens is 1. The van der Waals surface area contributed by atoms with E-state index < -0.39 is 0 Å². The van der Waals surface area contributed by atoms with Gasteiger partial charge in [-0.05, 0) is 47.7 Å². The molecule has 0 saturated heterocycles. The molecule has 1 heterocycles. The Kier molecular flexibility index (Phi) is 3.69. The minimum absolute atomic E-state index is 0.704. The molecule has 2 N–H and O–H groups in total. The average Bonchev–Trinajstić information content (AvgIpc) is 2.18. The van der Waals surface area contributed by atoms with E-state index in [2.05, 4.69) is 32.7 Å². The largest absolute Gasteiger partial charge is 0.397 e. The van der Waals surface area contributed by atoms with Crippen LogP contribution in [0.5, 0.6) is 0 Å². The number of nitrogens with two attached hydrogens (primary N) is 1. The summed E-state index contributed by atoms with van der Waals surface area (Å²) >= 11 is 3.53. The van der Waals surface area contributed by atoms with Crippen LogP contribution in [0.3, 0.4) is 0 Å². The molecule has 1 aliphatic rings. The lowest BCUT2D eigenvalue weighted by atomic mass is 9.85. The van der Waals surface area contributed by atoms with Gasteiger partial charge < -0.3 is 10.6 Å². The van der Waals surface area contributed by atoms with Gasteiger partial charge in [-0.25, -0.2) is 4.98 Å². The summed E-state index contributed by atoms with van der Waals surface area (Å²) < 4.78 is 0.994. The molecule has 88 valence electrons. The summed E-state index contributed by atoms with van der Waals surface area (Å²) in [5.41, 5.74) is 6.40. The van der Waals surface area contributed by atoms with Gasteiger partial charge in [-0.3, -0.25) is 0 Å². The van der Waals surface area contributed by atoms with E-state index in [9.17, 15) is 0 Å². The van der Waals surface area contributed by atoms with Gasteiger partial charge in [-0.1, -0.05) is 6.42 Å². The molecule has 0 radical (unpaired) electrons. The van der Waals surface area contributed by atoms with E-state index in [4.69, 9.17) is 5.73 Å². The fraction of sp³-hybridized carbons (Fsp3) is 0.583. The topological polar surface area (TPSA) is 42.2 Å². The van der Waals surface area contributed by atoms with Gasteiger partial charge in [0.05, 0.1) is 16.4 Å². The molecule has 0 bridgehead atoms. The Morgan fingerprint density at radius 2 is 2.31 bits per heavy atom. The van der Waals surface area contributed by atoms with Crippen LogP contribution < -0.4 is 10.6 Å². The smallest absolute Gasteiger partial charge is 0.143 e. The molecule has 2 rings (SSSR count). The van der Waals surface area contributed by atoms with Gasteiger partial charge in [0, 0.05) is 13.1 Å². The molecule has 1 aromatic heterocycles. The van der Waals surface area contributed by atoms with Crippen molar-refractivity contribution in [2.75, 3.05) is 23.7 Å². The van der Waals surface area contributed by atoms with Crippen molar-refractivity contribution in [1.82, 2.24) is 4.98 Å². The minimum Gasteiger partial charge on any atom is -0.397 e. The highest BCUT2D eigenvalue weighted by molar-refractivity contribution is 9.10. The lowest BCUT2D eigenvalue weighted by Gasteiger charge is -2.32. The van der Waals surface area contributed by atoms with Crippen molar-refractivity contribution in [1.29, 1.82) is 0 Å². The van der Waals surface area contributed by atoms with Crippen molar-refractivity contribution in [3.63, 3.8) is 0 Å². The van der Waals surface area contributed by atoms with E-state index in [0.29, 0.717) is 5.69 Å². The Labute approximate surface area is 105 Å². The van der Waals surface area contributed by atoms with Gasteiger partial charge in [0.1, 0.15) is 5.82 Å². The molecular weight excluding hydrogens is 266 g/mol. The molecule has 0 atom stereocenters. The molecule has 0 amide bonds. The Hall–Kier alpha value is -0.770. The van der Waals surface area contributed by atoms with Crippen LogP contribution in [-0.4, -0.2) is 18.1 Å². The second-order valence-electron chi connectivity index (χ2n) is 4.41. The Balaban J connectivity index is 2.11. The second-order valence-corrected chi connectivity index (χ2v) is 5.26. The highest BCUT2D eigenvalue weighted by Gasteiger charge is 2.21. The first kappa shape index (κ1) is 11.7. The molecule has 1 fully saturated rings. The van der Waals surface area contributed by atoms with Crippen LogP contribution in [0.25, 0.3) is 0 Å². The van der Waals surface area contributed by atoms with Gasteiger partial charge >= 0.3 is 0 Å². The fourth-order valence-corrected chi connectivity index (χ4v) is 2.65. The molecule has 1 saturated carbocycles. The molecular formula is C12H18BrN3. The number of halogens is 1. The predicted molar refractivity (Wildman–Crippen MR) is 71.6 cm³/mol. The third-order valence-corrected chi connectivity index (χ3v) is 3.81. The van der Waals surface area contributed by atoms with Crippen LogP contribution in [-0.2, 0) is 0 Å². The van der Waals surface area contributed by atoms with Gasteiger partial charge in [-0.15, -0.1) is 0 Å². The monoisotopic (exact) mass is 283 g/mol. The summed E-state index contributed by atoms with van der Waals surface area (Å²) in [6.45, 7) is 4.28. The van der Waals surface area contributed by atoms with E-state index in [1.165, 1.54) is 19.3 Å². The van der Waals surface area contributed by atoms with E-state index in [0.717, 1.165) is 29.3 Å². The molecule has 1 aliphatic carbocycles. The summed E-state index contributed by atoms with van der Waals surface area (Å²) in [7, 11) is 0. The molecule has 1 aromatic rings. The maximum atomic E-state index is 5.70. The average molecular weight is 284 g/mol. The van der Waals surface area contributed by atoms with Crippen LogP contribution in [0, 0.1) is 5.92 Å². The molecule has 0 spiro atoms. The van der Waals surface area contributed by atoms with Crippen LogP contribution in [0.15, 0.2) is 16.7 Å². The quantitative estimate of drug-likeness (QED) is 0.924. The molecule has 0 aliphatic heterocycles. The van der Waals surface area contributed by atoms with Crippen molar-refractivity contribution in [3.8, 4) is 0 Å². The zero-order chi connectivity index (χ0) is 11.5. The van der Waals surface area contributed by atoms with Crippen LogP contribution >= 0.6 is 15.9 Å². The maximum Gasteiger partial charge on any atom is 0.143 e. The lowest BCUT2D eigenvalue weighted by Crippen LogP contribution is -2.33. The van der Waals surface area contributed by atoms with Crippen molar-refractivity contribution >= 4 is 27.4 Å². The zero-order valence-corrected chi connectivity index (χ0v) is 11.2. The van der Waals surface area contributed by atoms with Crippen molar-refractivity contribution < 1.29 is 0 Å². The number of hydrogen-bond acceptors (Lipinski definition) is 3. The fourth-order valence-electron chi connectivity index (χ4n) is 2.03. The Bertz CT molecular complexity index is 363. The van der Waals surface area contributed by atoms with E-state index >= 15 is 0 Å². The molecule has 3 nitrogen and oxygen atoms in total. The van der Waals surface area contributed by atoms with E-state index in [1.54, 1.807) is 6.20 Å². The van der Waals surface area contributed by atoms with Crippen molar-refractivity contribution in [2.45, 2.75) is 26.2 Å². The summed E-state index contributed by atoms with van der Waals surface area (Å²) in [6.07, 6.45) is 5.84. The number of pyridine rings is 1. The number of hydrogen-bond donors (Lipinski definition) is 1. The summed E-state index contributed by atoms with van der Waals surface area (Å²) in [4.78, 5) is 6.74. The Morgan fingerprint density at radius 1 is 1.56 bits per heavy atom. The van der Waals surface area contributed by atoms with Crippen LogP contribution in [0.2, 0.25) is 0 Å². The number of anilines is 2. The zero-order valence-electron chi connectivity index (χ0n) is 9.62. The molecule has 0 unspecified atom stereocenters. The Morgan fingerprint density at radius 3 is 2.81 bits per heavy atom. The van der Waals surface area contributed by atoms with E-state index in [-0.39, 0.29) is 0 Å². The van der Waals surface area contributed by atoms with Crippen LogP contribution in [0.1, 0.15) is 26.2 Å². The minimum atomic E-state index is 0.704. The van der Waals surface area contributed by atoms with Gasteiger partial charge in [0.25, 0.3) is 0 Å². The van der Waals surface area contributed by atoms with Gasteiger partial charge in [-0.2, -0.15) is 0 Å². The number of nitrogens with zero attached hydrogens (tertiary/aromatic N) is 2. The summed E-state index contributed by atoms with van der Waals surface area (Å²) in [6, 6.07) is 1.92. The third kappa shape index (κ3) is 2.48. The summed E-state index contributed by atoms with van der Waals surface area (Å²) in [5.74, 6) is 1.87. The van der Waals surface area contributed by atoms with E-state index in [1.807, 2.05) is 6.07 Å². The number of rotatable bonds is 4.